The third-order valence-corrected chi connectivity index (χ3v) is 3.46. The molecule has 0 amide bonds. The van der Waals surface area contributed by atoms with Crippen molar-refractivity contribution in [3.63, 3.8) is 0 Å². The number of nitrogens with zero attached hydrogens (tertiary/aromatic N) is 1. The van der Waals surface area contributed by atoms with Gasteiger partial charge in [0.2, 0.25) is 0 Å². The number of nitrogens with two attached hydrogens (primary N) is 1. The van der Waals surface area contributed by atoms with Gasteiger partial charge in [0.05, 0.1) is 0 Å². The summed E-state index contributed by atoms with van der Waals surface area (Å²) < 4.78 is 28.0. The molecule has 1 aliphatic heterocycles. The summed E-state index contributed by atoms with van der Waals surface area (Å²) in [7, 11) is 0. The van der Waals surface area contributed by atoms with Crippen LogP contribution >= 0.6 is 0 Å². The number of anilines is 1. The van der Waals surface area contributed by atoms with E-state index in [9.17, 15) is 8.78 Å². The van der Waals surface area contributed by atoms with Crippen molar-refractivity contribution >= 4 is 11.5 Å². The summed E-state index contributed by atoms with van der Waals surface area (Å²) in [5.74, 6) is -1.60. The molecule has 98 valence electrons. The fourth-order valence-corrected chi connectivity index (χ4v) is 2.55. The Hall–Kier alpha value is -1.65. The van der Waals surface area contributed by atoms with Crippen molar-refractivity contribution in [3.8, 4) is 0 Å². The third kappa shape index (κ3) is 2.17. The van der Waals surface area contributed by atoms with Gasteiger partial charge in [-0.3, -0.25) is 5.41 Å². The molecule has 0 spiro atoms. The van der Waals surface area contributed by atoms with Crippen LogP contribution in [0.15, 0.2) is 12.1 Å². The lowest BCUT2D eigenvalue weighted by molar-refractivity contribution is 0.556. The van der Waals surface area contributed by atoms with Crippen LogP contribution in [0.1, 0.15) is 31.7 Å². The summed E-state index contributed by atoms with van der Waals surface area (Å²) in [6.07, 6.45) is 2.78. The summed E-state index contributed by atoms with van der Waals surface area (Å²) >= 11 is 0. The Morgan fingerprint density at radius 2 is 2.06 bits per heavy atom. The first-order valence-electron chi connectivity index (χ1n) is 6.14. The molecule has 1 fully saturated rings. The summed E-state index contributed by atoms with van der Waals surface area (Å²) in [4.78, 5) is 1.79. The highest BCUT2D eigenvalue weighted by atomic mass is 19.1. The summed E-state index contributed by atoms with van der Waals surface area (Å²) in [6.45, 7) is 2.69. The Bertz CT molecular complexity index is 450. The summed E-state index contributed by atoms with van der Waals surface area (Å²) in [5, 5.41) is 7.22. The molecule has 1 heterocycles. The van der Waals surface area contributed by atoms with Crippen LogP contribution in [0.3, 0.4) is 0 Å². The Morgan fingerprint density at radius 3 is 2.56 bits per heavy atom. The molecule has 2 rings (SSSR count). The smallest absolute Gasteiger partial charge is 0.150 e. The average molecular weight is 253 g/mol. The number of benzene rings is 1. The molecule has 1 atom stereocenters. The van der Waals surface area contributed by atoms with Gasteiger partial charge in [0, 0.05) is 18.2 Å². The van der Waals surface area contributed by atoms with Gasteiger partial charge in [-0.05, 0) is 31.4 Å². The van der Waals surface area contributed by atoms with E-state index in [1.165, 1.54) is 0 Å². The van der Waals surface area contributed by atoms with Gasteiger partial charge in [0.15, 0.2) is 0 Å². The predicted molar refractivity (Wildman–Crippen MR) is 68.0 cm³/mol. The van der Waals surface area contributed by atoms with Crippen LogP contribution in [-0.2, 0) is 0 Å². The Balaban J connectivity index is 2.42. The van der Waals surface area contributed by atoms with Gasteiger partial charge in [-0.2, -0.15) is 0 Å². The predicted octanol–water partition coefficient (Wildman–Crippen LogP) is 2.63. The Morgan fingerprint density at radius 1 is 1.44 bits per heavy atom. The molecule has 0 radical (unpaired) electrons. The van der Waals surface area contributed by atoms with Crippen LogP contribution in [0, 0.1) is 17.0 Å². The van der Waals surface area contributed by atoms with E-state index in [1.54, 1.807) is 4.90 Å². The first-order chi connectivity index (χ1) is 8.54. The van der Waals surface area contributed by atoms with Gasteiger partial charge in [-0.15, -0.1) is 0 Å². The maximum absolute atomic E-state index is 14.0. The zero-order chi connectivity index (χ0) is 13.3. The van der Waals surface area contributed by atoms with Crippen LogP contribution in [0.4, 0.5) is 14.5 Å². The third-order valence-electron chi connectivity index (χ3n) is 3.46. The quantitative estimate of drug-likeness (QED) is 0.642. The fourth-order valence-electron chi connectivity index (χ4n) is 2.55. The number of halogens is 2. The topological polar surface area (TPSA) is 53.1 Å². The van der Waals surface area contributed by atoms with E-state index in [-0.39, 0.29) is 23.1 Å². The van der Waals surface area contributed by atoms with Crippen molar-refractivity contribution in [2.75, 3.05) is 11.4 Å². The van der Waals surface area contributed by atoms with Crippen LogP contribution < -0.4 is 10.6 Å². The highest BCUT2D eigenvalue weighted by Crippen LogP contribution is 2.32. The van der Waals surface area contributed by atoms with E-state index in [0.29, 0.717) is 6.54 Å². The van der Waals surface area contributed by atoms with Crippen LogP contribution in [0.2, 0.25) is 0 Å². The van der Waals surface area contributed by atoms with E-state index in [4.69, 9.17) is 11.1 Å². The normalized spacial score (nSPS) is 19.3. The second-order valence-corrected chi connectivity index (χ2v) is 4.60. The molecule has 1 aromatic carbocycles. The van der Waals surface area contributed by atoms with Crippen molar-refractivity contribution in [2.24, 2.45) is 5.73 Å². The number of hydrogen-bond acceptors (Lipinski definition) is 2. The summed E-state index contributed by atoms with van der Waals surface area (Å²) in [5.41, 5.74) is 5.35. The Kier molecular flexibility index (Phi) is 3.50. The lowest BCUT2D eigenvalue weighted by Gasteiger charge is -2.27. The number of nitrogen functional groups attached to an aromatic ring is 1. The minimum Gasteiger partial charge on any atom is -0.384 e. The second kappa shape index (κ2) is 4.92. The zero-order valence-electron chi connectivity index (χ0n) is 10.3. The largest absolute Gasteiger partial charge is 0.384 e. The van der Waals surface area contributed by atoms with Gasteiger partial charge in [-0.25, -0.2) is 8.78 Å². The minimum atomic E-state index is -0.638. The molecule has 3 N–H and O–H groups in total. The molecule has 1 unspecified atom stereocenters. The number of hydrogen-bond donors (Lipinski definition) is 2. The molecule has 0 aromatic heterocycles. The monoisotopic (exact) mass is 253 g/mol. The number of amidine groups is 1. The first-order valence-corrected chi connectivity index (χ1v) is 6.14. The van der Waals surface area contributed by atoms with Crippen LogP contribution in [0.5, 0.6) is 0 Å². The van der Waals surface area contributed by atoms with E-state index >= 15 is 0 Å². The molecule has 3 nitrogen and oxygen atoms in total. The minimum absolute atomic E-state index is 0.0179. The van der Waals surface area contributed by atoms with E-state index in [1.807, 2.05) is 6.92 Å². The van der Waals surface area contributed by atoms with Crippen molar-refractivity contribution in [3.05, 3.63) is 29.3 Å². The van der Waals surface area contributed by atoms with Gasteiger partial charge in [0.1, 0.15) is 23.2 Å². The molecule has 1 aromatic rings. The van der Waals surface area contributed by atoms with Crippen molar-refractivity contribution in [2.45, 2.75) is 32.2 Å². The molecule has 0 aliphatic carbocycles. The average Bonchev–Trinajstić information content (AvgIpc) is 2.76. The molecule has 5 heteroatoms. The molecule has 1 aliphatic rings. The SMILES string of the molecule is CCC1CCCN1c1c(F)cc(C(=N)N)cc1F. The lowest BCUT2D eigenvalue weighted by atomic mass is 10.1. The van der Waals surface area contributed by atoms with E-state index in [0.717, 1.165) is 31.4 Å². The van der Waals surface area contributed by atoms with Crippen LogP contribution in [-0.4, -0.2) is 18.4 Å². The second-order valence-electron chi connectivity index (χ2n) is 4.60. The van der Waals surface area contributed by atoms with E-state index in [2.05, 4.69) is 0 Å². The van der Waals surface area contributed by atoms with Gasteiger partial charge in [0.25, 0.3) is 0 Å². The van der Waals surface area contributed by atoms with Gasteiger partial charge >= 0.3 is 0 Å². The van der Waals surface area contributed by atoms with Crippen molar-refractivity contribution in [1.29, 1.82) is 5.41 Å². The highest BCUT2D eigenvalue weighted by molar-refractivity contribution is 5.95. The highest BCUT2D eigenvalue weighted by Gasteiger charge is 2.28. The number of nitrogens with one attached hydrogen (secondary N) is 1. The van der Waals surface area contributed by atoms with Gasteiger partial charge in [-0.1, -0.05) is 6.92 Å². The molecule has 0 bridgehead atoms. The molecular weight excluding hydrogens is 236 g/mol. The van der Waals surface area contributed by atoms with E-state index < -0.39 is 11.6 Å². The maximum Gasteiger partial charge on any atom is 0.150 e. The van der Waals surface area contributed by atoms with Crippen LogP contribution in [0.25, 0.3) is 0 Å². The molecule has 1 saturated heterocycles. The lowest BCUT2D eigenvalue weighted by Crippen LogP contribution is -2.30. The molecule has 0 saturated carbocycles. The standard InChI is InChI=1S/C13H17F2N3/c1-2-9-4-3-5-18(9)12-10(14)6-8(13(16)17)7-11(12)15/h6-7,9H,2-5H2,1H3,(H3,16,17). The number of rotatable bonds is 3. The van der Waals surface area contributed by atoms with Crippen molar-refractivity contribution in [1.82, 2.24) is 0 Å². The molecule has 18 heavy (non-hydrogen) atoms. The van der Waals surface area contributed by atoms with Crippen molar-refractivity contribution < 1.29 is 8.78 Å². The fraction of sp³-hybridized carbons (Fsp3) is 0.462. The zero-order valence-corrected chi connectivity index (χ0v) is 10.3. The molecular formula is C13H17F2N3. The first kappa shape index (κ1) is 12.8. The maximum atomic E-state index is 14.0. The Labute approximate surface area is 105 Å². The summed E-state index contributed by atoms with van der Waals surface area (Å²) in [6, 6.07) is 2.45. The van der Waals surface area contributed by atoms with Gasteiger partial charge < -0.3 is 10.6 Å².